The SMILES string of the molecule is CCOC(=O)COc1cc(Cl)c(CCNC(C)C(O)c2ccc(O)cc2)cc1Cl. The van der Waals surface area contributed by atoms with Crippen LogP contribution in [0.4, 0.5) is 0 Å². The molecule has 158 valence electrons. The quantitative estimate of drug-likeness (QED) is 0.484. The predicted octanol–water partition coefficient (Wildman–Crippen LogP) is 3.90. The van der Waals surface area contributed by atoms with Crippen LogP contribution in [-0.4, -0.2) is 42.0 Å². The summed E-state index contributed by atoms with van der Waals surface area (Å²) in [7, 11) is 0. The molecule has 0 aliphatic heterocycles. The van der Waals surface area contributed by atoms with Crippen LogP contribution in [0.15, 0.2) is 36.4 Å². The molecule has 2 atom stereocenters. The molecule has 0 saturated carbocycles. The molecule has 2 aromatic carbocycles. The third-order valence-electron chi connectivity index (χ3n) is 4.32. The fourth-order valence-electron chi connectivity index (χ4n) is 2.72. The Morgan fingerprint density at radius 3 is 2.52 bits per heavy atom. The Kier molecular flexibility index (Phi) is 9.04. The van der Waals surface area contributed by atoms with Crippen molar-refractivity contribution in [3.8, 4) is 11.5 Å². The van der Waals surface area contributed by atoms with Crippen molar-refractivity contribution < 1.29 is 24.5 Å². The van der Waals surface area contributed by atoms with Gasteiger partial charge >= 0.3 is 5.97 Å². The fraction of sp³-hybridized carbons (Fsp3) is 0.381. The van der Waals surface area contributed by atoms with E-state index in [-0.39, 0.29) is 25.0 Å². The van der Waals surface area contributed by atoms with Crippen molar-refractivity contribution in [2.75, 3.05) is 19.8 Å². The first-order valence-electron chi connectivity index (χ1n) is 9.28. The number of esters is 1. The molecule has 0 amide bonds. The molecule has 29 heavy (non-hydrogen) atoms. The van der Waals surface area contributed by atoms with Crippen molar-refractivity contribution in [1.82, 2.24) is 5.32 Å². The number of aromatic hydroxyl groups is 1. The Bertz CT molecular complexity index is 813. The summed E-state index contributed by atoms with van der Waals surface area (Å²) in [4.78, 5) is 11.4. The van der Waals surface area contributed by atoms with Crippen LogP contribution in [0, 0.1) is 0 Å². The molecule has 3 N–H and O–H groups in total. The second-order valence-corrected chi connectivity index (χ2v) is 7.31. The van der Waals surface area contributed by atoms with Gasteiger partial charge in [-0.25, -0.2) is 4.79 Å². The maximum absolute atomic E-state index is 11.4. The smallest absolute Gasteiger partial charge is 0.344 e. The van der Waals surface area contributed by atoms with Crippen molar-refractivity contribution in [2.24, 2.45) is 0 Å². The Labute approximate surface area is 180 Å². The number of halogens is 2. The van der Waals surface area contributed by atoms with E-state index in [2.05, 4.69) is 5.32 Å². The van der Waals surface area contributed by atoms with E-state index in [1.165, 1.54) is 0 Å². The van der Waals surface area contributed by atoms with Crippen molar-refractivity contribution in [2.45, 2.75) is 32.4 Å². The van der Waals surface area contributed by atoms with Crippen molar-refractivity contribution >= 4 is 29.2 Å². The largest absolute Gasteiger partial charge is 0.508 e. The van der Waals surface area contributed by atoms with Gasteiger partial charge in [0, 0.05) is 17.1 Å². The third kappa shape index (κ3) is 7.08. The van der Waals surface area contributed by atoms with Crippen LogP contribution in [0.2, 0.25) is 10.0 Å². The number of carbonyl (C=O) groups excluding carboxylic acids is 1. The van der Waals surface area contributed by atoms with Gasteiger partial charge in [0.05, 0.1) is 17.7 Å². The molecule has 0 heterocycles. The first kappa shape index (κ1) is 23.3. The molecule has 8 heteroatoms. The Balaban J connectivity index is 1.89. The maximum atomic E-state index is 11.4. The van der Waals surface area contributed by atoms with Gasteiger partial charge in [0.15, 0.2) is 6.61 Å². The van der Waals surface area contributed by atoms with Gasteiger partial charge in [-0.2, -0.15) is 0 Å². The monoisotopic (exact) mass is 441 g/mol. The van der Waals surface area contributed by atoms with Gasteiger partial charge in [-0.3, -0.25) is 0 Å². The molecule has 2 rings (SSSR count). The van der Waals surface area contributed by atoms with Crippen molar-refractivity contribution in [3.05, 3.63) is 57.6 Å². The second kappa shape index (κ2) is 11.3. The van der Waals surface area contributed by atoms with Crippen LogP contribution in [-0.2, 0) is 16.0 Å². The summed E-state index contributed by atoms with van der Waals surface area (Å²) in [6.07, 6.45) is -0.128. The zero-order valence-corrected chi connectivity index (χ0v) is 17.8. The number of aliphatic hydroxyl groups is 1. The van der Waals surface area contributed by atoms with Crippen LogP contribution >= 0.6 is 23.2 Å². The molecule has 2 aromatic rings. The number of carbonyl (C=O) groups is 1. The normalized spacial score (nSPS) is 13.0. The molecule has 0 saturated heterocycles. The summed E-state index contributed by atoms with van der Waals surface area (Å²) in [6.45, 7) is 4.20. The molecule has 2 unspecified atom stereocenters. The number of nitrogens with one attached hydrogen (secondary N) is 1. The van der Waals surface area contributed by atoms with Crippen LogP contribution in [0.3, 0.4) is 0 Å². The van der Waals surface area contributed by atoms with E-state index in [1.807, 2.05) is 6.92 Å². The van der Waals surface area contributed by atoms with Crippen LogP contribution < -0.4 is 10.1 Å². The van der Waals surface area contributed by atoms with Gasteiger partial charge in [0.25, 0.3) is 0 Å². The average molecular weight is 442 g/mol. The third-order valence-corrected chi connectivity index (χ3v) is 4.97. The number of hydrogen-bond acceptors (Lipinski definition) is 6. The minimum absolute atomic E-state index is 0.155. The predicted molar refractivity (Wildman–Crippen MR) is 113 cm³/mol. The Hall–Kier alpha value is -1.99. The van der Waals surface area contributed by atoms with E-state index in [1.54, 1.807) is 43.3 Å². The number of phenolic OH excluding ortho intramolecular Hbond substituents is 1. The highest BCUT2D eigenvalue weighted by Crippen LogP contribution is 2.31. The summed E-state index contributed by atoms with van der Waals surface area (Å²) < 4.78 is 10.2. The van der Waals surface area contributed by atoms with Gasteiger partial charge in [-0.1, -0.05) is 35.3 Å². The van der Waals surface area contributed by atoms with E-state index in [0.717, 1.165) is 5.56 Å². The Morgan fingerprint density at radius 1 is 1.17 bits per heavy atom. The summed E-state index contributed by atoms with van der Waals surface area (Å²) in [5.74, 6) is -0.00514. The number of benzene rings is 2. The van der Waals surface area contributed by atoms with Crippen molar-refractivity contribution in [1.29, 1.82) is 0 Å². The van der Waals surface area contributed by atoms with Gasteiger partial charge in [-0.05, 0) is 56.1 Å². The van der Waals surface area contributed by atoms with E-state index < -0.39 is 12.1 Å². The summed E-state index contributed by atoms with van der Waals surface area (Å²) in [5.41, 5.74) is 1.53. The minimum atomic E-state index is -0.715. The second-order valence-electron chi connectivity index (χ2n) is 6.50. The molecule has 0 bridgehead atoms. The summed E-state index contributed by atoms with van der Waals surface area (Å²) in [6, 6.07) is 9.52. The number of hydrogen-bond donors (Lipinski definition) is 3. The highest BCUT2D eigenvalue weighted by Gasteiger charge is 2.16. The first-order valence-corrected chi connectivity index (χ1v) is 10.0. The average Bonchev–Trinajstić information content (AvgIpc) is 2.69. The highest BCUT2D eigenvalue weighted by molar-refractivity contribution is 6.34. The maximum Gasteiger partial charge on any atom is 0.344 e. The summed E-state index contributed by atoms with van der Waals surface area (Å²) in [5, 5.41) is 23.8. The van der Waals surface area contributed by atoms with Crippen LogP contribution in [0.25, 0.3) is 0 Å². The lowest BCUT2D eigenvalue weighted by atomic mass is 10.0. The van der Waals surface area contributed by atoms with Crippen LogP contribution in [0.1, 0.15) is 31.1 Å². The molecule has 0 aliphatic carbocycles. The van der Waals surface area contributed by atoms with Gasteiger partial charge in [-0.15, -0.1) is 0 Å². The highest BCUT2D eigenvalue weighted by atomic mass is 35.5. The number of rotatable bonds is 10. The zero-order chi connectivity index (χ0) is 21.4. The molecule has 0 radical (unpaired) electrons. The molecule has 0 spiro atoms. The zero-order valence-electron chi connectivity index (χ0n) is 16.3. The number of ether oxygens (including phenoxy) is 2. The van der Waals surface area contributed by atoms with Gasteiger partial charge < -0.3 is 25.0 Å². The van der Waals surface area contributed by atoms with Gasteiger partial charge in [0.2, 0.25) is 0 Å². The lowest BCUT2D eigenvalue weighted by Crippen LogP contribution is -2.33. The molecular formula is C21H25Cl2NO5. The number of aliphatic hydroxyl groups excluding tert-OH is 1. The van der Waals surface area contributed by atoms with E-state index >= 15 is 0 Å². The fourth-order valence-corrected chi connectivity index (χ4v) is 3.21. The Morgan fingerprint density at radius 2 is 1.86 bits per heavy atom. The standard InChI is InChI=1S/C21H25Cl2NO5/c1-3-28-20(26)12-29-19-11-17(22)15(10-18(19)23)8-9-24-13(2)21(27)14-4-6-16(25)7-5-14/h4-7,10-11,13,21,24-25,27H,3,8-9,12H2,1-2H3. The summed E-state index contributed by atoms with van der Waals surface area (Å²) >= 11 is 12.5. The molecule has 0 aliphatic rings. The molecule has 0 fully saturated rings. The van der Waals surface area contributed by atoms with E-state index in [0.29, 0.717) is 34.3 Å². The number of phenols is 1. The lowest BCUT2D eigenvalue weighted by Gasteiger charge is -2.21. The first-order chi connectivity index (χ1) is 13.8. The van der Waals surface area contributed by atoms with E-state index in [4.69, 9.17) is 32.7 Å². The van der Waals surface area contributed by atoms with Crippen LogP contribution in [0.5, 0.6) is 11.5 Å². The van der Waals surface area contributed by atoms with E-state index in [9.17, 15) is 15.0 Å². The lowest BCUT2D eigenvalue weighted by molar-refractivity contribution is -0.145. The van der Waals surface area contributed by atoms with Crippen molar-refractivity contribution in [3.63, 3.8) is 0 Å². The topological polar surface area (TPSA) is 88.0 Å². The molecule has 0 aromatic heterocycles. The molecular weight excluding hydrogens is 417 g/mol. The minimum Gasteiger partial charge on any atom is -0.508 e. The molecule has 6 nitrogen and oxygen atoms in total. The van der Waals surface area contributed by atoms with Gasteiger partial charge in [0.1, 0.15) is 11.5 Å².